The van der Waals surface area contributed by atoms with Crippen LogP contribution in [0.15, 0.2) is 48.7 Å². The van der Waals surface area contributed by atoms with Crippen LogP contribution in [0.1, 0.15) is 23.2 Å². The van der Waals surface area contributed by atoms with Crippen LogP contribution >= 0.6 is 11.6 Å². The molecular formula is C23H23ClFN5O4S. The summed E-state index contributed by atoms with van der Waals surface area (Å²) in [5, 5.41) is 5.91. The predicted molar refractivity (Wildman–Crippen MR) is 133 cm³/mol. The van der Waals surface area contributed by atoms with Gasteiger partial charge >= 0.3 is 0 Å². The van der Waals surface area contributed by atoms with E-state index in [1.54, 1.807) is 24.3 Å². The van der Waals surface area contributed by atoms with Crippen LogP contribution < -0.4 is 15.4 Å². The molecule has 1 aliphatic heterocycles. The molecule has 0 radical (unpaired) electrons. The number of benzene rings is 2. The maximum absolute atomic E-state index is 14.5. The van der Waals surface area contributed by atoms with Crippen molar-refractivity contribution in [2.45, 2.75) is 12.8 Å². The topological polar surface area (TPSA) is 122 Å². The van der Waals surface area contributed by atoms with E-state index in [1.165, 1.54) is 24.4 Å². The van der Waals surface area contributed by atoms with Crippen LogP contribution in [0.2, 0.25) is 5.02 Å². The van der Waals surface area contributed by atoms with Gasteiger partial charge in [-0.25, -0.2) is 17.8 Å². The Bertz CT molecular complexity index is 1350. The van der Waals surface area contributed by atoms with Crippen molar-refractivity contribution < 1.29 is 22.3 Å². The third kappa shape index (κ3) is 6.65. The first-order valence-electron chi connectivity index (χ1n) is 10.7. The highest BCUT2D eigenvalue weighted by molar-refractivity contribution is 7.92. The maximum Gasteiger partial charge on any atom is 0.229 e. The average molecular weight is 520 g/mol. The summed E-state index contributed by atoms with van der Waals surface area (Å²) in [7, 11) is -3.52. The van der Waals surface area contributed by atoms with Crippen LogP contribution in [-0.2, 0) is 14.8 Å². The van der Waals surface area contributed by atoms with Crippen molar-refractivity contribution in [3.8, 4) is 0 Å². The number of hydrogen-bond donors (Lipinski definition) is 3. The second kappa shape index (κ2) is 10.5. The van der Waals surface area contributed by atoms with Crippen molar-refractivity contribution in [1.82, 2.24) is 9.97 Å². The van der Waals surface area contributed by atoms with E-state index in [2.05, 4.69) is 25.3 Å². The fourth-order valence-corrected chi connectivity index (χ4v) is 4.28. The summed E-state index contributed by atoms with van der Waals surface area (Å²) < 4.78 is 45.6. The van der Waals surface area contributed by atoms with Crippen LogP contribution in [0.4, 0.5) is 33.2 Å². The minimum absolute atomic E-state index is 0.0261. The molecule has 3 aromatic rings. The second-order valence-electron chi connectivity index (χ2n) is 8.11. The standard InChI is InChI=1S/C23H23ClFN5O4S/c1-35(32,33)30-19-5-3-2-4-18(19)27-22-16(24)12-26-23(29-22)28-20-11-15(6-7-17(20)25)21(31)10-14-8-9-34-13-14/h2-7,11-12,14,30H,8-10,13H2,1H3,(H2,26,27,28,29). The minimum Gasteiger partial charge on any atom is -0.381 e. The lowest BCUT2D eigenvalue weighted by Gasteiger charge is -2.14. The van der Waals surface area contributed by atoms with Crippen LogP contribution in [0.25, 0.3) is 0 Å². The Balaban J connectivity index is 1.54. The van der Waals surface area contributed by atoms with Gasteiger partial charge in [0.05, 0.1) is 29.5 Å². The lowest BCUT2D eigenvalue weighted by atomic mass is 9.97. The van der Waals surface area contributed by atoms with Gasteiger partial charge < -0.3 is 15.4 Å². The molecule has 0 spiro atoms. The van der Waals surface area contributed by atoms with Crippen molar-refractivity contribution in [2.75, 3.05) is 34.8 Å². The highest BCUT2D eigenvalue weighted by Gasteiger charge is 2.21. The highest BCUT2D eigenvalue weighted by atomic mass is 35.5. The zero-order chi connectivity index (χ0) is 25.0. The van der Waals surface area contributed by atoms with Crippen molar-refractivity contribution in [1.29, 1.82) is 0 Å². The Hall–Kier alpha value is -3.28. The Labute approximate surface area is 207 Å². The molecule has 3 N–H and O–H groups in total. The number of anilines is 5. The Morgan fingerprint density at radius 3 is 2.66 bits per heavy atom. The van der Waals surface area contributed by atoms with Crippen LogP contribution in [0, 0.1) is 11.7 Å². The fourth-order valence-electron chi connectivity index (χ4n) is 3.56. The van der Waals surface area contributed by atoms with E-state index in [1.807, 2.05) is 0 Å². The van der Waals surface area contributed by atoms with E-state index in [4.69, 9.17) is 16.3 Å². The van der Waals surface area contributed by atoms with Gasteiger partial charge in [0, 0.05) is 25.2 Å². The highest BCUT2D eigenvalue weighted by Crippen LogP contribution is 2.30. The van der Waals surface area contributed by atoms with E-state index in [-0.39, 0.29) is 34.2 Å². The first-order valence-corrected chi connectivity index (χ1v) is 13.0. The SMILES string of the molecule is CS(=O)(=O)Nc1ccccc1Nc1nc(Nc2cc(C(=O)CC3CCOC3)ccc2F)ncc1Cl. The molecule has 2 heterocycles. The van der Waals surface area contributed by atoms with Gasteiger partial charge in [-0.3, -0.25) is 9.52 Å². The number of para-hydroxylation sites is 2. The number of nitrogens with one attached hydrogen (secondary N) is 3. The lowest BCUT2D eigenvalue weighted by Crippen LogP contribution is -2.11. The molecule has 1 unspecified atom stereocenters. The van der Waals surface area contributed by atoms with Gasteiger partial charge in [0.25, 0.3) is 0 Å². The summed E-state index contributed by atoms with van der Waals surface area (Å²) in [5.41, 5.74) is 1.10. The molecule has 1 aliphatic rings. The van der Waals surface area contributed by atoms with Gasteiger partial charge in [-0.1, -0.05) is 23.7 Å². The molecule has 1 atom stereocenters. The van der Waals surface area contributed by atoms with Crippen molar-refractivity contribution in [2.24, 2.45) is 5.92 Å². The number of carbonyl (C=O) groups excluding carboxylic acids is 1. The molecule has 184 valence electrons. The molecule has 0 amide bonds. The molecule has 0 saturated carbocycles. The number of nitrogens with zero attached hydrogens (tertiary/aromatic N) is 2. The number of ether oxygens (including phenoxy) is 1. The van der Waals surface area contributed by atoms with Gasteiger partial charge in [-0.15, -0.1) is 0 Å². The zero-order valence-corrected chi connectivity index (χ0v) is 20.3. The number of halogens is 2. The molecule has 1 aromatic heterocycles. The summed E-state index contributed by atoms with van der Waals surface area (Å²) in [6, 6.07) is 10.7. The Kier molecular flexibility index (Phi) is 7.48. The Morgan fingerprint density at radius 2 is 1.94 bits per heavy atom. The molecule has 1 fully saturated rings. The normalized spacial score (nSPS) is 15.6. The third-order valence-electron chi connectivity index (χ3n) is 5.25. The van der Waals surface area contributed by atoms with Crippen LogP contribution in [0.5, 0.6) is 0 Å². The minimum atomic E-state index is -3.52. The van der Waals surface area contributed by atoms with Crippen molar-refractivity contribution in [3.05, 3.63) is 65.1 Å². The Morgan fingerprint density at radius 1 is 1.17 bits per heavy atom. The number of hydrogen-bond acceptors (Lipinski definition) is 8. The molecule has 0 aliphatic carbocycles. The maximum atomic E-state index is 14.5. The summed E-state index contributed by atoms with van der Waals surface area (Å²) in [6.45, 7) is 1.20. The summed E-state index contributed by atoms with van der Waals surface area (Å²) >= 11 is 6.23. The van der Waals surface area contributed by atoms with E-state index < -0.39 is 15.8 Å². The largest absolute Gasteiger partial charge is 0.381 e. The first kappa shape index (κ1) is 24.8. The molecule has 4 rings (SSSR count). The van der Waals surface area contributed by atoms with Crippen LogP contribution in [0.3, 0.4) is 0 Å². The smallest absolute Gasteiger partial charge is 0.229 e. The number of aromatic nitrogens is 2. The number of Topliss-reactive ketones (excluding diaryl/α,β-unsaturated/α-hetero) is 1. The summed E-state index contributed by atoms with van der Waals surface area (Å²) in [6.07, 6.45) is 3.52. The number of sulfonamides is 1. The van der Waals surface area contributed by atoms with Crippen LogP contribution in [-0.4, -0.2) is 43.6 Å². The van der Waals surface area contributed by atoms with Crippen molar-refractivity contribution >= 4 is 56.2 Å². The molecule has 35 heavy (non-hydrogen) atoms. The van der Waals surface area contributed by atoms with Gasteiger partial charge in [-0.05, 0) is 42.7 Å². The quantitative estimate of drug-likeness (QED) is 0.346. The summed E-state index contributed by atoms with van der Waals surface area (Å²) in [4.78, 5) is 21.0. The van der Waals surface area contributed by atoms with Gasteiger partial charge in [0.15, 0.2) is 11.6 Å². The second-order valence-corrected chi connectivity index (χ2v) is 10.3. The monoisotopic (exact) mass is 519 g/mol. The van der Waals surface area contributed by atoms with E-state index in [9.17, 15) is 17.6 Å². The lowest BCUT2D eigenvalue weighted by molar-refractivity contribution is 0.0952. The molecule has 1 saturated heterocycles. The first-order chi connectivity index (χ1) is 16.7. The van der Waals surface area contributed by atoms with E-state index >= 15 is 0 Å². The molecule has 9 nitrogen and oxygen atoms in total. The van der Waals surface area contributed by atoms with Gasteiger partial charge in [0.2, 0.25) is 16.0 Å². The molecule has 12 heteroatoms. The van der Waals surface area contributed by atoms with E-state index in [0.29, 0.717) is 36.6 Å². The number of carbonyl (C=O) groups is 1. The fraction of sp³-hybridized carbons (Fsp3) is 0.261. The molecule has 0 bridgehead atoms. The number of ketones is 1. The number of rotatable bonds is 9. The average Bonchev–Trinajstić information content (AvgIpc) is 3.31. The molecule has 2 aromatic carbocycles. The van der Waals surface area contributed by atoms with Gasteiger partial charge in [0.1, 0.15) is 10.8 Å². The zero-order valence-electron chi connectivity index (χ0n) is 18.7. The summed E-state index contributed by atoms with van der Waals surface area (Å²) in [5.74, 6) is -0.324. The van der Waals surface area contributed by atoms with E-state index in [0.717, 1.165) is 12.7 Å². The van der Waals surface area contributed by atoms with Crippen molar-refractivity contribution in [3.63, 3.8) is 0 Å². The van der Waals surface area contributed by atoms with Gasteiger partial charge in [-0.2, -0.15) is 4.98 Å². The molecular weight excluding hydrogens is 497 g/mol. The predicted octanol–water partition coefficient (Wildman–Crippen LogP) is 4.74. The third-order valence-corrected chi connectivity index (χ3v) is 6.12.